The third kappa shape index (κ3) is 2.21. The molecule has 1 aliphatic rings. The maximum Gasteiger partial charge on any atom is 0.269 e. The number of nitriles is 1. The minimum Gasteiger partial charge on any atom is -0.300 e. The quantitative estimate of drug-likeness (QED) is 0.572. The van der Waals surface area contributed by atoms with E-state index in [1.165, 1.54) is 12.1 Å². The van der Waals surface area contributed by atoms with Crippen LogP contribution in [0.15, 0.2) is 48.5 Å². The molecule has 1 aliphatic heterocycles. The van der Waals surface area contributed by atoms with Gasteiger partial charge in [-0.15, -0.1) is 0 Å². The number of nitro groups is 1. The molecule has 0 unspecified atom stereocenters. The number of carbonyl (C=O) groups is 1. The highest BCUT2D eigenvalue weighted by Gasteiger charge is 2.38. The number of carbonyl (C=O) groups excluding carboxylic acids is 1. The molecule has 0 saturated heterocycles. The molecule has 0 fully saturated rings. The molecule has 25 heavy (non-hydrogen) atoms. The van der Waals surface area contributed by atoms with E-state index in [-0.39, 0.29) is 5.69 Å². The summed E-state index contributed by atoms with van der Waals surface area (Å²) in [5.41, 5.74) is 2.06. The molecule has 2 aromatic carbocycles. The number of para-hydroxylation sites is 2. The van der Waals surface area contributed by atoms with E-state index in [1.54, 1.807) is 16.7 Å². The average molecular weight is 333 g/mol. The van der Waals surface area contributed by atoms with E-state index in [0.29, 0.717) is 17.0 Å². The number of nitrogens with zero attached hydrogens (tertiary/aromatic N) is 4. The Labute approximate surface area is 141 Å². The largest absolute Gasteiger partial charge is 0.300 e. The van der Waals surface area contributed by atoms with Crippen molar-refractivity contribution >= 4 is 28.6 Å². The number of hydrogen-bond acceptors (Lipinski definition) is 5. The van der Waals surface area contributed by atoms with E-state index < -0.39 is 22.8 Å². The third-order valence-corrected chi connectivity index (χ3v) is 4.29. The Morgan fingerprint density at radius 1 is 1.20 bits per heavy atom. The highest BCUT2D eigenvalue weighted by molar-refractivity contribution is 5.97. The summed E-state index contributed by atoms with van der Waals surface area (Å²) in [7, 11) is 0. The number of nitrogens with one attached hydrogen (secondary N) is 1. The number of non-ortho nitro benzene ring substituents is 1. The van der Waals surface area contributed by atoms with Crippen molar-refractivity contribution in [3.8, 4) is 6.07 Å². The van der Waals surface area contributed by atoms with Crippen molar-refractivity contribution in [2.75, 3.05) is 5.32 Å². The SMILES string of the molecule is N#C[C@H]1C(=O)Nc2nc3ccccc3n2[C@H]1c1ccc([N+](=O)[O-])cc1. The van der Waals surface area contributed by atoms with Crippen molar-refractivity contribution in [3.63, 3.8) is 0 Å². The first kappa shape index (κ1) is 14.8. The van der Waals surface area contributed by atoms with Crippen LogP contribution in [0.1, 0.15) is 11.6 Å². The van der Waals surface area contributed by atoms with Gasteiger partial charge in [-0.3, -0.25) is 20.2 Å². The van der Waals surface area contributed by atoms with Gasteiger partial charge in [0.2, 0.25) is 11.9 Å². The lowest BCUT2D eigenvalue weighted by Crippen LogP contribution is -2.37. The number of rotatable bonds is 2. The van der Waals surface area contributed by atoms with Crippen molar-refractivity contribution in [1.29, 1.82) is 5.26 Å². The molecule has 0 bridgehead atoms. The second-order valence-electron chi connectivity index (χ2n) is 5.68. The monoisotopic (exact) mass is 333 g/mol. The van der Waals surface area contributed by atoms with E-state index in [4.69, 9.17) is 0 Å². The van der Waals surface area contributed by atoms with Crippen LogP contribution in [-0.4, -0.2) is 20.4 Å². The van der Waals surface area contributed by atoms with Gasteiger partial charge in [0, 0.05) is 12.1 Å². The topological polar surface area (TPSA) is 114 Å². The minimum absolute atomic E-state index is 0.0479. The zero-order valence-electron chi connectivity index (χ0n) is 12.8. The Morgan fingerprint density at radius 3 is 2.60 bits per heavy atom. The number of aromatic nitrogens is 2. The van der Waals surface area contributed by atoms with Crippen LogP contribution in [0, 0.1) is 27.4 Å². The molecule has 4 rings (SSSR count). The van der Waals surface area contributed by atoms with Crippen molar-refractivity contribution in [1.82, 2.24) is 9.55 Å². The molecule has 3 aromatic rings. The second-order valence-corrected chi connectivity index (χ2v) is 5.68. The summed E-state index contributed by atoms with van der Waals surface area (Å²) in [6.45, 7) is 0. The molecule has 8 nitrogen and oxygen atoms in total. The summed E-state index contributed by atoms with van der Waals surface area (Å²) in [6.07, 6.45) is 0. The Morgan fingerprint density at radius 2 is 1.92 bits per heavy atom. The van der Waals surface area contributed by atoms with Gasteiger partial charge in [-0.1, -0.05) is 24.3 Å². The van der Waals surface area contributed by atoms with E-state index in [9.17, 15) is 20.2 Å². The van der Waals surface area contributed by atoms with Gasteiger partial charge in [0.05, 0.1) is 28.1 Å². The molecule has 0 aliphatic carbocycles. The first-order chi connectivity index (χ1) is 12.1. The normalized spacial score (nSPS) is 19.1. The van der Waals surface area contributed by atoms with Crippen LogP contribution in [-0.2, 0) is 4.79 Å². The molecule has 8 heteroatoms. The van der Waals surface area contributed by atoms with E-state index in [1.807, 2.05) is 30.3 Å². The maximum atomic E-state index is 12.3. The Kier molecular flexibility index (Phi) is 3.22. The summed E-state index contributed by atoms with van der Waals surface area (Å²) < 4.78 is 1.80. The third-order valence-electron chi connectivity index (χ3n) is 4.29. The number of nitro benzene ring substituents is 1. The molecule has 122 valence electrons. The van der Waals surface area contributed by atoms with Gasteiger partial charge in [-0.2, -0.15) is 5.26 Å². The molecule has 0 spiro atoms. The smallest absolute Gasteiger partial charge is 0.269 e. The molecule has 1 aromatic heterocycles. The van der Waals surface area contributed by atoms with E-state index in [0.717, 1.165) is 5.52 Å². The van der Waals surface area contributed by atoms with E-state index in [2.05, 4.69) is 10.3 Å². The van der Waals surface area contributed by atoms with Crippen LogP contribution in [0.5, 0.6) is 0 Å². The lowest BCUT2D eigenvalue weighted by Gasteiger charge is -2.29. The number of imidazole rings is 1. The molecular weight excluding hydrogens is 322 g/mol. The van der Waals surface area contributed by atoms with Crippen LogP contribution in [0.4, 0.5) is 11.6 Å². The standard InChI is InChI=1S/C17H11N5O3/c18-9-12-15(10-5-7-11(8-6-10)22(24)25)21-14-4-2-1-3-13(14)19-17(21)20-16(12)23/h1-8,12,15H,(H,19,20,23)/t12-,15+/m1/s1. The van der Waals surface area contributed by atoms with Crippen molar-refractivity contribution < 1.29 is 9.72 Å². The predicted octanol–water partition coefficient (Wildman–Crippen LogP) is 2.63. The fourth-order valence-electron chi connectivity index (χ4n) is 3.16. The van der Waals surface area contributed by atoms with Crippen LogP contribution in [0.2, 0.25) is 0 Å². The zero-order chi connectivity index (χ0) is 17.6. The van der Waals surface area contributed by atoms with Crippen LogP contribution < -0.4 is 5.32 Å². The molecule has 1 N–H and O–H groups in total. The molecule has 2 heterocycles. The molecule has 0 radical (unpaired) electrons. The van der Waals surface area contributed by atoms with Gasteiger partial charge in [-0.05, 0) is 17.7 Å². The first-order valence-corrected chi connectivity index (χ1v) is 7.52. The van der Waals surface area contributed by atoms with Crippen LogP contribution >= 0.6 is 0 Å². The van der Waals surface area contributed by atoms with Gasteiger partial charge in [0.15, 0.2) is 5.92 Å². The number of hydrogen-bond donors (Lipinski definition) is 1. The summed E-state index contributed by atoms with van der Waals surface area (Å²) >= 11 is 0. The Hall–Kier alpha value is -3.73. The minimum atomic E-state index is -0.966. The number of amides is 1. The highest BCUT2D eigenvalue weighted by atomic mass is 16.6. The van der Waals surface area contributed by atoms with Crippen molar-refractivity contribution in [2.45, 2.75) is 6.04 Å². The Balaban J connectivity index is 1.94. The maximum absolute atomic E-state index is 12.3. The van der Waals surface area contributed by atoms with Crippen molar-refractivity contribution in [3.05, 3.63) is 64.2 Å². The van der Waals surface area contributed by atoms with Gasteiger partial charge >= 0.3 is 0 Å². The number of fused-ring (bicyclic) bond motifs is 3. The van der Waals surface area contributed by atoms with Gasteiger partial charge in [0.1, 0.15) is 0 Å². The van der Waals surface area contributed by atoms with Gasteiger partial charge in [0.25, 0.3) is 5.69 Å². The summed E-state index contributed by atoms with van der Waals surface area (Å²) in [5, 5.41) is 23.0. The molecule has 2 atom stereocenters. The van der Waals surface area contributed by atoms with E-state index >= 15 is 0 Å². The van der Waals surface area contributed by atoms with Crippen LogP contribution in [0.25, 0.3) is 11.0 Å². The number of anilines is 1. The summed E-state index contributed by atoms with van der Waals surface area (Å²) in [5.74, 6) is -1.04. The fourth-order valence-corrected chi connectivity index (χ4v) is 3.16. The molecular formula is C17H11N5O3. The zero-order valence-corrected chi connectivity index (χ0v) is 12.8. The van der Waals surface area contributed by atoms with Crippen LogP contribution in [0.3, 0.4) is 0 Å². The second kappa shape index (κ2) is 5.42. The predicted molar refractivity (Wildman–Crippen MR) is 88.7 cm³/mol. The molecule has 0 saturated carbocycles. The lowest BCUT2D eigenvalue weighted by molar-refractivity contribution is -0.384. The molecule has 1 amide bonds. The number of benzene rings is 2. The summed E-state index contributed by atoms with van der Waals surface area (Å²) in [4.78, 5) is 27.1. The first-order valence-electron chi connectivity index (χ1n) is 7.52. The highest BCUT2D eigenvalue weighted by Crippen LogP contribution is 2.38. The lowest BCUT2D eigenvalue weighted by atomic mass is 9.91. The summed E-state index contributed by atoms with van der Waals surface area (Å²) in [6, 6.07) is 14.7. The van der Waals surface area contributed by atoms with Gasteiger partial charge < -0.3 is 4.57 Å². The van der Waals surface area contributed by atoms with Crippen molar-refractivity contribution in [2.24, 2.45) is 5.92 Å². The van der Waals surface area contributed by atoms with Gasteiger partial charge in [-0.25, -0.2) is 4.98 Å². The Bertz CT molecular complexity index is 1050. The fraction of sp³-hybridized carbons (Fsp3) is 0.118. The average Bonchev–Trinajstić information content (AvgIpc) is 2.98.